The van der Waals surface area contributed by atoms with Crippen LogP contribution in [0.25, 0.3) is 0 Å². The van der Waals surface area contributed by atoms with Crippen LogP contribution in [0.3, 0.4) is 0 Å². The molecule has 1 amide bonds. The molecular weight excluding hydrogens is 296 g/mol. The van der Waals surface area contributed by atoms with E-state index in [0.717, 1.165) is 17.3 Å². The zero-order chi connectivity index (χ0) is 13.5. The highest BCUT2D eigenvalue weighted by molar-refractivity contribution is 9.10. The standard InChI is InChI=1S/C13H19BrN2O2/c1-3-4-10(2)15-12(17)7-8-16-9-11(14)5-6-13(16)18/h5-6,9-10H,3-4,7-8H2,1-2H3,(H,15,17)/t10-/m1/s1. The Morgan fingerprint density at radius 2 is 2.22 bits per heavy atom. The Bertz CT molecular complexity index is 457. The summed E-state index contributed by atoms with van der Waals surface area (Å²) in [4.78, 5) is 23.2. The second-order valence-corrected chi connectivity index (χ2v) is 5.30. The van der Waals surface area contributed by atoms with E-state index in [2.05, 4.69) is 28.2 Å². The SMILES string of the molecule is CCC[C@@H](C)NC(=O)CCn1cc(Br)ccc1=O. The third-order valence-electron chi connectivity index (χ3n) is 2.66. The van der Waals surface area contributed by atoms with Gasteiger partial charge in [0.2, 0.25) is 5.91 Å². The molecule has 5 heteroatoms. The summed E-state index contributed by atoms with van der Waals surface area (Å²) >= 11 is 3.30. The topological polar surface area (TPSA) is 51.1 Å². The van der Waals surface area contributed by atoms with Crippen LogP contribution in [0.15, 0.2) is 27.6 Å². The van der Waals surface area contributed by atoms with E-state index in [-0.39, 0.29) is 17.5 Å². The van der Waals surface area contributed by atoms with Crippen LogP contribution in [0.4, 0.5) is 0 Å². The molecule has 0 saturated carbocycles. The second-order valence-electron chi connectivity index (χ2n) is 4.39. The Morgan fingerprint density at radius 1 is 1.50 bits per heavy atom. The van der Waals surface area contributed by atoms with Gasteiger partial charge in [-0.05, 0) is 35.3 Å². The summed E-state index contributed by atoms with van der Waals surface area (Å²) in [7, 11) is 0. The molecule has 0 aliphatic rings. The lowest BCUT2D eigenvalue weighted by Gasteiger charge is -2.13. The number of nitrogens with zero attached hydrogens (tertiary/aromatic N) is 1. The first kappa shape index (κ1) is 15.0. The maximum atomic E-state index is 11.7. The van der Waals surface area contributed by atoms with Gasteiger partial charge in [-0.15, -0.1) is 0 Å². The number of aryl methyl sites for hydroxylation is 1. The third kappa shape index (κ3) is 5.04. The molecule has 0 aromatic carbocycles. The van der Waals surface area contributed by atoms with Gasteiger partial charge in [-0.25, -0.2) is 0 Å². The van der Waals surface area contributed by atoms with Crippen molar-refractivity contribution in [3.63, 3.8) is 0 Å². The van der Waals surface area contributed by atoms with E-state index in [4.69, 9.17) is 0 Å². The van der Waals surface area contributed by atoms with Crippen LogP contribution in [0, 0.1) is 0 Å². The molecule has 1 aromatic heterocycles. The predicted octanol–water partition coefficient (Wildman–Crippen LogP) is 2.31. The first-order valence-corrected chi connectivity index (χ1v) is 6.97. The van der Waals surface area contributed by atoms with Crippen molar-refractivity contribution in [3.8, 4) is 0 Å². The molecular formula is C13H19BrN2O2. The molecule has 1 rings (SSSR count). The van der Waals surface area contributed by atoms with Gasteiger partial charge < -0.3 is 9.88 Å². The number of hydrogen-bond donors (Lipinski definition) is 1. The lowest BCUT2D eigenvalue weighted by Crippen LogP contribution is -2.33. The highest BCUT2D eigenvalue weighted by atomic mass is 79.9. The molecule has 0 aliphatic heterocycles. The lowest BCUT2D eigenvalue weighted by atomic mass is 10.2. The Kier molecular flexibility index (Phi) is 6.12. The summed E-state index contributed by atoms with van der Waals surface area (Å²) in [6.45, 7) is 4.49. The van der Waals surface area contributed by atoms with E-state index in [1.54, 1.807) is 12.3 Å². The number of carbonyl (C=O) groups excluding carboxylic acids is 1. The minimum atomic E-state index is -0.0902. The summed E-state index contributed by atoms with van der Waals surface area (Å²) in [5.41, 5.74) is -0.0902. The van der Waals surface area contributed by atoms with Crippen molar-refractivity contribution in [2.75, 3.05) is 0 Å². The molecule has 1 aromatic rings. The fourth-order valence-electron chi connectivity index (χ4n) is 1.75. The fraction of sp³-hybridized carbons (Fsp3) is 0.538. The highest BCUT2D eigenvalue weighted by Crippen LogP contribution is 2.05. The number of nitrogens with one attached hydrogen (secondary N) is 1. The Morgan fingerprint density at radius 3 is 2.89 bits per heavy atom. The van der Waals surface area contributed by atoms with Gasteiger partial charge in [0, 0.05) is 35.7 Å². The number of halogens is 1. The molecule has 0 unspecified atom stereocenters. The van der Waals surface area contributed by atoms with Gasteiger partial charge in [-0.3, -0.25) is 9.59 Å². The lowest BCUT2D eigenvalue weighted by molar-refractivity contribution is -0.121. The van der Waals surface area contributed by atoms with Gasteiger partial charge >= 0.3 is 0 Å². The number of aromatic nitrogens is 1. The smallest absolute Gasteiger partial charge is 0.250 e. The largest absolute Gasteiger partial charge is 0.354 e. The van der Waals surface area contributed by atoms with Crippen LogP contribution in [-0.4, -0.2) is 16.5 Å². The number of pyridine rings is 1. The summed E-state index contributed by atoms with van der Waals surface area (Å²) in [6, 6.07) is 3.38. The molecule has 0 saturated heterocycles. The van der Waals surface area contributed by atoms with Crippen LogP contribution >= 0.6 is 15.9 Å². The van der Waals surface area contributed by atoms with E-state index < -0.39 is 0 Å². The van der Waals surface area contributed by atoms with Gasteiger partial charge in [-0.2, -0.15) is 0 Å². The van der Waals surface area contributed by atoms with Crippen molar-refractivity contribution in [1.29, 1.82) is 0 Å². The summed E-state index contributed by atoms with van der Waals surface area (Å²) in [5.74, 6) is -0.0113. The van der Waals surface area contributed by atoms with Crippen LogP contribution < -0.4 is 10.9 Å². The Balaban J connectivity index is 2.47. The van der Waals surface area contributed by atoms with Crippen LogP contribution in [0.2, 0.25) is 0 Å². The molecule has 1 atom stereocenters. The number of rotatable bonds is 6. The highest BCUT2D eigenvalue weighted by Gasteiger charge is 2.07. The molecule has 100 valence electrons. The molecule has 18 heavy (non-hydrogen) atoms. The number of carbonyl (C=O) groups is 1. The molecule has 4 nitrogen and oxygen atoms in total. The van der Waals surface area contributed by atoms with Crippen molar-refractivity contribution in [2.45, 2.75) is 45.7 Å². The van der Waals surface area contributed by atoms with Crippen molar-refractivity contribution < 1.29 is 4.79 Å². The molecule has 0 bridgehead atoms. The first-order chi connectivity index (χ1) is 8.52. The van der Waals surface area contributed by atoms with Gasteiger partial charge in [0.15, 0.2) is 0 Å². The summed E-state index contributed by atoms with van der Waals surface area (Å²) in [6.07, 6.45) is 4.05. The van der Waals surface area contributed by atoms with Gasteiger partial charge in [0.05, 0.1) is 0 Å². The fourth-order valence-corrected chi connectivity index (χ4v) is 2.13. The van der Waals surface area contributed by atoms with Crippen molar-refractivity contribution in [1.82, 2.24) is 9.88 Å². The second kappa shape index (κ2) is 7.36. The average molecular weight is 315 g/mol. The Labute approximate surface area is 116 Å². The quantitative estimate of drug-likeness (QED) is 0.876. The minimum Gasteiger partial charge on any atom is -0.354 e. The van der Waals surface area contributed by atoms with E-state index in [1.165, 1.54) is 10.6 Å². The van der Waals surface area contributed by atoms with E-state index in [1.807, 2.05) is 6.92 Å². The average Bonchev–Trinajstić information content (AvgIpc) is 2.30. The number of amides is 1. The molecule has 0 fully saturated rings. The van der Waals surface area contributed by atoms with E-state index >= 15 is 0 Å². The summed E-state index contributed by atoms with van der Waals surface area (Å²) in [5, 5.41) is 2.92. The molecule has 1 N–H and O–H groups in total. The maximum Gasteiger partial charge on any atom is 0.250 e. The van der Waals surface area contributed by atoms with Crippen molar-refractivity contribution in [3.05, 3.63) is 33.2 Å². The normalized spacial score (nSPS) is 12.2. The summed E-state index contributed by atoms with van der Waals surface area (Å²) < 4.78 is 2.37. The zero-order valence-corrected chi connectivity index (χ0v) is 12.4. The third-order valence-corrected chi connectivity index (χ3v) is 3.13. The van der Waals surface area contributed by atoms with Crippen LogP contribution in [0.1, 0.15) is 33.1 Å². The Hall–Kier alpha value is -1.10. The number of hydrogen-bond acceptors (Lipinski definition) is 2. The van der Waals surface area contributed by atoms with E-state index in [9.17, 15) is 9.59 Å². The molecule has 0 spiro atoms. The maximum absolute atomic E-state index is 11.7. The molecule has 1 heterocycles. The van der Waals surface area contributed by atoms with Gasteiger partial charge in [0.25, 0.3) is 5.56 Å². The van der Waals surface area contributed by atoms with Crippen LogP contribution in [-0.2, 0) is 11.3 Å². The molecule has 0 radical (unpaired) electrons. The predicted molar refractivity (Wildman–Crippen MR) is 75.5 cm³/mol. The zero-order valence-electron chi connectivity index (χ0n) is 10.8. The monoisotopic (exact) mass is 314 g/mol. The van der Waals surface area contributed by atoms with Gasteiger partial charge in [0.1, 0.15) is 0 Å². The minimum absolute atomic E-state index is 0.0113. The van der Waals surface area contributed by atoms with E-state index in [0.29, 0.717) is 13.0 Å². The van der Waals surface area contributed by atoms with Crippen molar-refractivity contribution >= 4 is 21.8 Å². The van der Waals surface area contributed by atoms with Crippen molar-refractivity contribution in [2.24, 2.45) is 0 Å². The first-order valence-electron chi connectivity index (χ1n) is 6.18. The van der Waals surface area contributed by atoms with Crippen LogP contribution in [0.5, 0.6) is 0 Å². The molecule has 0 aliphatic carbocycles. The van der Waals surface area contributed by atoms with Gasteiger partial charge in [-0.1, -0.05) is 13.3 Å².